The summed E-state index contributed by atoms with van der Waals surface area (Å²) in [5.74, 6) is -0.409. The Labute approximate surface area is 143 Å². The SMILES string of the molecule is Cc1cc(C)c(SCC(=O)Nc2ccccc2C(F)(F)F)c(C)c1. The molecule has 2 aromatic carbocycles. The van der Waals surface area contributed by atoms with Gasteiger partial charge in [-0.05, 0) is 44.0 Å². The van der Waals surface area contributed by atoms with E-state index in [1.165, 1.54) is 30.0 Å². The van der Waals surface area contributed by atoms with E-state index in [-0.39, 0.29) is 11.4 Å². The van der Waals surface area contributed by atoms with Gasteiger partial charge < -0.3 is 5.32 Å². The molecule has 0 heterocycles. The van der Waals surface area contributed by atoms with Gasteiger partial charge in [0.2, 0.25) is 5.91 Å². The summed E-state index contributed by atoms with van der Waals surface area (Å²) in [4.78, 5) is 13.0. The standard InChI is InChI=1S/C18H18F3NOS/c1-11-8-12(2)17(13(3)9-11)24-10-16(23)22-15-7-5-4-6-14(15)18(19,20)21/h4-9H,10H2,1-3H3,(H,22,23). The van der Waals surface area contributed by atoms with Crippen molar-refractivity contribution in [2.75, 3.05) is 11.1 Å². The number of para-hydroxylation sites is 1. The zero-order valence-electron chi connectivity index (χ0n) is 13.6. The smallest absolute Gasteiger partial charge is 0.325 e. The maximum atomic E-state index is 12.9. The van der Waals surface area contributed by atoms with Gasteiger partial charge in [-0.2, -0.15) is 13.2 Å². The van der Waals surface area contributed by atoms with Crippen molar-refractivity contribution in [2.24, 2.45) is 0 Å². The third kappa shape index (κ3) is 4.54. The molecule has 0 spiro atoms. The Hall–Kier alpha value is -1.95. The zero-order chi connectivity index (χ0) is 17.9. The summed E-state index contributed by atoms with van der Waals surface area (Å²) in [6.45, 7) is 5.91. The first-order chi connectivity index (χ1) is 11.2. The molecule has 2 aromatic rings. The lowest BCUT2D eigenvalue weighted by atomic mass is 10.1. The van der Waals surface area contributed by atoms with Crippen LogP contribution in [0.2, 0.25) is 0 Å². The summed E-state index contributed by atoms with van der Waals surface area (Å²) in [5, 5.41) is 2.36. The number of benzene rings is 2. The summed E-state index contributed by atoms with van der Waals surface area (Å²) in [7, 11) is 0. The minimum Gasteiger partial charge on any atom is -0.325 e. The van der Waals surface area contributed by atoms with Crippen molar-refractivity contribution in [2.45, 2.75) is 31.8 Å². The number of carbonyl (C=O) groups excluding carboxylic acids is 1. The van der Waals surface area contributed by atoms with Crippen LogP contribution < -0.4 is 5.32 Å². The average Bonchev–Trinajstić information content (AvgIpc) is 2.45. The Morgan fingerprint density at radius 1 is 1.08 bits per heavy atom. The van der Waals surface area contributed by atoms with E-state index in [0.29, 0.717) is 0 Å². The van der Waals surface area contributed by atoms with E-state index in [0.717, 1.165) is 27.7 Å². The van der Waals surface area contributed by atoms with Gasteiger partial charge in [-0.3, -0.25) is 4.79 Å². The molecular weight excluding hydrogens is 335 g/mol. The van der Waals surface area contributed by atoms with Crippen molar-refractivity contribution in [3.63, 3.8) is 0 Å². The highest BCUT2D eigenvalue weighted by molar-refractivity contribution is 8.00. The van der Waals surface area contributed by atoms with Gasteiger partial charge in [-0.15, -0.1) is 11.8 Å². The van der Waals surface area contributed by atoms with Gasteiger partial charge in [0.1, 0.15) is 0 Å². The first-order valence-corrected chi connectivity index (χ1v) is 8.34. The molecule has 0 aromatic heterocycles. The number of aryl methyl sites for hydroxylation is 3. The fraction of sp³-hybridized carbons (Fsp3) is 0.278. The number of hydrogen-bond donors (Lipinski definition) is 1. The summed E-state index contributed by atoms with van der Waals surface area (Å²) in [6.07, 6.45) is -4.50. The number of alkyl halides is 3. The average molecular weight is 353 g/mol. The molecule has 2 rings (SSSR count). The predicted octanol–water partition coefficient (Wildman–Crippen LogP) is 5.36. The summed E-state index contributed by atoms with van der Waals surface area (Å²) in [5.41, 5.74) is 2.19. The number of rotatable bonds is 4. The molecule has 0 fully saturated rings. The van der Waals surface area contributed by atoms with E-state index in [9.17, 15) is 18.0 Å². The molecule has 6 heteroatoms. The molecule has 0 aliphatic heterocycles. The lowest BCUT2D eigenvalue weighted by Crippen LogP contribution is -2.18. The van der Waals surface area contributed by atoms with Crippen LogP contribution in [-0.2, 0) is 11.0 Å². The second kappa shape index (κ2) is 7.30. The molecule has 0 aliphatic carbocycles. The topological polar surface area (TPSA) is 29.1 Å². The van der Waals surface area contributed by atoms with Gasteiger partial charge in [0.25, 0.3) is 0 Å². The molecule has 0 atom stereocenters. The largest absolute Gasteiger partial charge is 0.418 e. The van der Waals surface area contributed by atoms with Crippen molar-refractivity contribution in [3.05, 3.63) is 58.7 Å². The number of thioether (sulfide) groups is 1. The number of amides is 1. The van der Waals surface area contributed by atoms with Crippen LogP contribution in [0, 0.1) is 20.8 Å². The van der Waals surface area contributed by atoms with Crippen molar-refractivity contribution < 1.29 is 18.0 Å². The van der Waals surface area contributed by atoms with E-state index >= 15 is 0 Å². The Kier molecular flexibility index (Phi) is 5.59. The highest BCUT2D eigenvalue weighted by atomic mass is 32.2. The molecule has 0 saturated heterocycles. The zero-order valence-corrected chi connectivity index (χ0v) is 14.4. The number of anilines is 1. The first-order valence-electron chi connectivity index (χ1n) is 7.35. The normalized spacial score (nSPS) is 11.4. The number of carbonyl (C=O) groups is 1. The first kappa shape index (κ1) is 18.4. The number of nitrogens with one attached hydrogen (secondary N) is 1. The van der Waals surface area contributed by atoms with Gasteiger partial charge in [0, 0.05) is 4.90 Å². The third-order valence-electron chi connectivity index (χ3n) is 3.46. The molecule has 0 saturated carbocycles. The fourth-order valence-corrected chi connectivity index (χ4v) is 3.48. The Morgan fingerprint density at radius 2 is 1.67 bits per heavy atom. The lowest BCUT2D eigenvalue weighted by molar-refractivity contribution is -0.137. The second-order valence-electron chi connectivity index (χ2n) is 5.61. The van der Waals surface area contributed by atoms with Crippen LogP contribution in [-0.4, -0.2) is 11.7 Å². The van der Waals surface area contributed by atoms with Crippen molar-refractivity contribution >= 4 is 23.4 Å². The molecule has 0 bridgehead atoms. The van der Waals surface area contributed by atoms with Crippen molar-refractivity contribution in [1.29, 1.82) is 0 Å². The highest BCUT2D eigenvalue weighted by Gasteiger charge is 2.33. The summed E-state index contributed by atoms with van der Waals surface area (Å²) < 4.78 is 38.8. The Bertz CT molecular complexity index is 733. The molecular formula is C18H18F3NOS. The molecule has 0 radical (unpaired) electrons. The fourth-order valence-electron chi connectivity index (χ4n) is 2.56. The van der Waals surface area contributed by atoms with Crippen LogP contribution in [0.25, 0.3) is 0 Å². The molecule has 24 heavy (non-hydrogen) atoms. The van der Waals surface area contributed by atoms with E-state index in [1.54, 1.807) is 0 Å². The van der Waals surface area contributed by atoms with Crippen LogP contribution in [0.1, 0.15) is 22.3 Å². The number of hydrogen-bond acceptors (Lipinski definition) is 2. The lowest BCUT2D eigenvalue weighted by Gasteiger charge is -2.14. The van der Waals surface area contributed by atoms with Gasteiger partial charge in [-0.25, -0.2) is 0 Å². The molecule has 0 unspecified atom stereocenters. The van der Waals surface area contributed by atoms with Gasteiger partial charge in [0.15, 0.2) is 0 Å². The van der Waals surface area contributed by atoms with Crippen LogP contribution in [0.5, 0.6) is 0 Å². The quantitative estimate of drug-likeness (QED) is 0.750. The predicted molar refractivity (Wildman–Crippen MR) is 91.5 cm³/mol. The minimum absolute atomic E-state index is 0.0525. The van der Waals surface area contributed by atoms with E-state index in [1.807, 2.05) is 32.9 Å². The monoisotopic (exact) mass is 353 g/mol. The number of halogens is 3. The molecule has 1 N–H and O–H groups in total. The van der Waals surface area contributed by atoms with Crippen molar-refractivity contribution in [1.82, 2.24) is 0 Å². The molecule has 128 valence electrons. The van der Waals surface area contributed by atoms with Crippen molar-refractivity contribution in [3.8, 4) is 0 Å². The van der Waals surface area contributed by atoms with Gasteiger partial charge in [0.05, 0.1) is 17.0 Å². The third-order valence-corrected chi connectivity index (χ3v) is 4.80. The molecule has 0 aliphatic rings. The van der Waals surface area contributed by atoms with Crippen LogP contribution in [0.3, 0.4) is 0 Å². The van der Waals surface area contributed by atoms with Crippen LogP contribution in [0.4, 0.5) is 18.9 Å². The minimum atomic E-state index is -4.50. The van der Waals surface area contributed by atoms with E-state index in [2.05, 4.69) is 5.32 Å². The van der Waals surface area contributed by atoms with E-state index in [4.69, 9.17) is 0 Å². The molecule has 1 amide bonds. The van der Waals surface area contributed by atoms with Gasteiger partial charge >= 0.3 is 6.18 Å². The molecule has 2 nitrogen and oxygen atoms in total. The maximum Gasteiger partial charge on any atom is 0.418 e. The maximum absolute atomic E-state index is 12.9. The second-order valence-corrected chi connectivity index (χ2v) is 6.59. The highest BCUT2D eigenvalue weighted by Crippen LogP contribution is 2.35. The Balaban J connectivity index is 2.08. The van der Waals surface area contributed by atoms with Crippen LogP contribution in [0.15, 0.2) is 41.3 Å². The summed E-state index contributed by atoms with van der Waals surface area (Å²) in [6, 6.07) is 9.02. The Morgan fingerprint density at radius 3 is 2.25 bits per heavy atom. The summed E-state index contributed by atoms with van der Waals surface area (Å²) >= 11 is 1.33. The van der Waals surface area contributed by atoms with Crippen LogP contribution >= 0.6 is 11.8 Å². The van der Waals surface area contributed by atoms with E-state index < -0.39 is 17.6 Å². The van der Waals surface area contributed by atoms with Gasteiger partial charge in [-0.1, -0.05) is 29.8 Å².